The highest BCUT2D eigenvalue weighted by Crippen LogP contribution is 2.49. The first kappa shape index (κ1) is 18.4. The maximum Gasteiger partial charge on any atom is 0.471 e. The average Bonchev–Trinajstić information content (AvgIpc) is 3.28. The molecule has 0 spiro atoms. The zero-order valence-electron chi connectivity index (χ0n) is 14.3. The van der Waals surface area contributed by atoms with Crippen molar-refractivity contribution in [2.75, 3.05) is 6.54 Å². The third-order valence-corrected chi connectivity index (χ3v) is 5.77. The van der Waals surface area contributed by atoms with Crippen LogP contribution in [0.4, 0.5) is 13.2 Å². The van der Waals surface area contributed by atoms with Crippen LogP contribution in [-0.2, 0) is 4.79 Å². The normalized spacial score (nSPS) is 20.4. The molecule has 2 bridgehead atoms. The lowest BCUT2D eigenvalue weighted by Crippen LogP contribution is -2.44. The van der Waals surface area contributed by atoms with Crippen molar-refractivity contribution >= 4 is 17.5 Å². The Hall–Kier alpha value is -2.93. The molecule has 2 atom stereocenters. The summed E-state index contributed by atoms with van der Waals surface area (Å²) >= 11 is 6.13. The molecule has 11 heteroatoms. The van der Waals surface area contributed by atoms with Crippen LogP contribution in [0.2, 0.25) is 5.02 Å². The minimum Gasteiger partial charge on any atom is -0.493 e. The van der Waals surface area contributed by atoms with Crippen molar-refractivity contribution < 1.29 is 23.1 Å². The van der Waals surface area contributed by atoms with Gasteiger partial charge in [-0.3, -0.25) is 9.36 Å². The Kier molecular flexibility index (Phi) is 3.81. The Morgan fingerprint density at radius 1 is 1.39 bits per heavy atom. The predicted molar refractivity (Wildman–Crippen MR) is 90.3 cm³/mol. The first-order valence-corrected chi connectivity index (χ1v) is 8.59. The lowest BCUT2D eigenvalue weighted by molar-refractivity contribution is -0.187. The number of aromatic nitrogens is 2. The highest BCUT2D eigenvalue weighted by Gasteiger charge is 2.54. The molecule has 4 rings (SSSR count). The van der Waals surface area contributed by atoms with Gasteiger partial charge in [0.1, 0.15) is 11.8 Å². The van der Waals surface area contributed by atoms with Crippen molar-refractivity contribution in [2.45, 2.75) is 31.6 Å². The van der Waals surface area contributed by atoms with Gasteiger partial charge in [-0.1, -0.05) is 11.6 Å². The fourth-order valence-electron chi connectivity index (χ4n) is 4.05. The number of amides is 1. The van der Waals surface area contributed by atoms with E-state index < -0.39 is 35.7 Å². The van der Waals surface area contributed by atoms with E-state index in [4.69, 9.17) is 16.9 Å². The number of imidazole rings is 1. The summed E-state index contributed by atoms with van der Waals surface area (Å²) in [5.41, 5.74) is 0.0883. The van der Waals surface area contributed by atoms with Crippen molar-refractivity contribution in [1.29, 1.82) is 5.26 Å². The van der Waals surface area contributed by atoms with Crippen molar-refractivity contribution in [3.63, 3.8) is 0 Å². The Balaban J connectivity index is 1.86. The predicted octanol–water partition coefficient (Wildman–Crippen LogP) is 2.57. The second-order valence-electron chi connectivity index (χ2n) is 6.74. The maximum atomic E-state index is 12.9. The van der Waals surface area contributed by atoms with Crippen molar-refractivity contribution in [1.82, 2.24) is 14.0 Å². The first-order chi connectivity index (χ1) is 13.1. The molecule has 1 amide bonds. The summed E-state index contributed by atoms with van der Waals surface area (Å²) in [6.07, 6.45) is -4.90. The minimum absolute atomic E-state index is 0.0290. The zero-order valence-corrected chi connectivity index (χ0v) is 15.0. The molecule has 1 saturated heterocycles. The van der Waals surface area contributed by atoms with Gasteiger partial charge >= 0.3 is 17.8 Å². The quantitative estimate of drug-likeness (QED) is 0.779. The molecule has 7 nitrogen and oxygen atoms in total. The van der Waals surface area contributed by atoms with Crippen LogP contribution in [0.5, 0.6) is 5.88 Å². The molecule has 28 heavy (non-hydrogen) atoms. The highest BCUT2D eigenvalue weighted by molar-refractivity contribution is 6.32. The van der Waals surface area contributed by atoms with E-state index in [9.17, 15) is 27.9 Å². The minimum atomic E-state index is -5.04. The van der Waals surface area contributed by atoms with Crippen LogP contribution in [0.15, 0.2) is 16.9 Å². The number of likely N-dealkylation sites (tertiary alicyclic amines) is 1. The van der Waals surface area contributed by atoms with Gasteiger partial charge in [0.25, 0.3) is 0 Å². The molecule has 146 valence electrons. The van der Waals surface area contributed by atoms with E-state index in [2.05, 4.69) is 0 Å². The molecule has 0 aliphatic carbocycles. The third kappa shape index (κ3) is 2.29. The smallest absolute Gasteiger partial charge is 0.471 e. The SMILES string of the molecule is Cc1c(-n2c(O)c3n(c2=O)C2CC3N(C(=O)C(F)(F)F)C2)ccc(C#N)c1Cl. The van der Waals surface area contributed by atoms with Gasteiger partial charge in [0.2, 0.25) is 5.88 Å². The van der Waals surface area contributed by atoms with E-state index in [1.807, 2.05) is 6.07 Å². The van der Waals surface area contributed by atoms with E-state index in [0.717, 1.165) is 4.57 Å². The number of carbonyl (C=O) groups excluding carboxylic acids is 1. The number of nitriles is 1. The van der Waals surface area contributed by atoms with Crippen LogP contribution in [0, 0.1) is 18.3 Å². The third-order valence-electron chi connectivity index (χ3n) is 5.28. The van der Waals surface area contributed by atoms with Crippen molar-refractivity contribution in [3.05, 3.63) is 44.5 Å². The number of carbonyl (C=O) groups is 1. The van der Waals surface area contributed by atoms with Crippen LogP contribution in [0.3, 0.4) is 0 Å². The van der Waals surface area contributed by atoms with Gasteiger partial charge in [-0.25, -0.2) is 9.36 Å². The van der Waals surface area contributed by atoms with Gasteiger partial charge in [0.15, 0.2) is 0 Å². The Morgan fingerprint density at radius 2 is 2.07 bits per heavy atom. The number of hydrogen-bond donors (Lipinski definition) is 1. The molecular weight excluding hydrogens is 401 g/mol. The second-order valence-corrected chi connectivity index (χ2v) is 7.12. The molecular formula is C17H12ClF3N4O3. The molecule has 2 aromatic rings. The molecule has 0 radical (unpaired) electrons. The topological polar surface area (TPSA) is 91.3 Å². The van der Waals surface area contributed by atoms with Gasteiger partial charge < -0.3 is 10.0 Å². The monoisotopic (exact) mass is 412 g/mol. The zero-order chi connectivity index (χ0) is 20.5. The molecule has 1 aromatic heterocycles. The van der Waals surface area contributed by atoms with Gasteiger partial charge in [-0.2, -0.15) is 18.4 Å². The standard InChI is InChI=1S/C17H12ClF3N4O3/c1-7-10(3-2-8(5-22)12(7)18)25-14(26)13-11-4-9(24(13)16(25)28)6-23(11)15(27)17(19,20)21/h2-3,9,11,26H,4,6H2,1H3. The second kappa shape index (κ2) is 5.78. The van der Waals surface area contributed by atoms with Crippen LogP contribution >= 0.6 is 11.6 Å². The molecule has 1 fully saturated rings. The summed E-state index contributed by atoms with van der Waals surface area (Å²) in [7, 11) is 0. The molecule has 3 heterocycles. The Morgan fingerprint density at radius 3 is 2.68 bits per heavy atom. The fraction of sp³-hybridized carbons (Fsp3) is 0.353. The molecule has 2 aliphatic heterocycles. The van der Waals surface area contributed by atoms with E-state index >= 15 is 0 Å². The number of fused-ring (bicyclic) bond motifs is 5. The molecule has 2 unspecified atom stereocenters. The number of nitrogens with zero attached hydrogens (tertiary/aromatic N) is 4. The van der Waals surface area contributed by atoms with Crippen LogP contribution in [0.1, 0.15) is 35.3 Å². The van der Waals surface area contributed by atoms with Crippen molar-refractivity contribution in [3.8, 4) is 17.6 Å². The Labute approximate surface area is 160 Å². The average molecular weight is 413 g/mol. The number of hydrogen-bond acceptors (Lipinski definition) is 4. The van der Waals surface area contributed by atoms with Crippen LogP contribution in [-0.4, -0.2) is 37.8 Å². The lowest BCUT2D eigenvalue weighted by atomic mass is 10.1. The number of rotatable bonds is 1. The summed E-state index contributed by atoms with van der Waals surface area (Å²) in [5.74, 6) is -2.54. The highest BCUT2D eigenvalue weighted by atomic mass is 35.5. The number of benzene rings is 1. The van der Waals surface area contributed by atoms with Crippen molar-refractivity contribution in [2.24, 2.45) is 0 Å². The molecule has 2 aliphatic rings. The summed E-state index contributed by atoms with van der Waals surface area (Å²) < 4.78 is 40.7. The van der Waals surface area contributed by atoms with E-state index in [-0.39, 0.29) is 34.9 Å². The van der Waals surface area contributed by atoms with Gasteiger partial charge in [-0.05, 0) is 31.0 Å². The Bertz CT molecular complexity index is 1130. The van der Waals surface area contributed by atoms with Gasteiger partial charge in [-0.15, -0.1) is 0 Å². The molecule has 1 aromatic carbocycles. The largest absolute Gasteiger partial charge is 0.493 e. The molecule has 0 saturated carbocycles. The fourth-order valence-corrected chi connectivity index (χ4v) is 4.26. The van der Waals surface area contributed by atoms with E-state index in [0.29, 0.717) is 10.5 Å². The van der Waals surface area contributed by atoms with Gasteiger partial charge in [0.05, 0.1) is 28.4 Å². The lowest BCUT2D eigenvalue weighted by Gasteiger charge is -2.28. The van der Waals surface area contributed by atoms with Crippen LogP contribution in [0.25, 0.3) is 5.69 Å². The number of alkyl halides is 3. The number of aromatic hydroxyl groups is 1. The summed E-state index contributed by atoms with van der Waals surface area (Å²) in [6, 6.07) is 3.02. The van der Waals surface area contributed by atoms with E-state index in [1.54, 1.807) is 6.92 Å². The summed E-state index contributed by atoms with van der Waals surface area (Å²) in [6.45, 7) is 1.30. The maximum absolute atomic E-state index is 12.9. The number of halogens is 4. The summed E-state index contributed by atoms with van der Waals surface area (Å²) in [4.78, 5) is 25.2. The van der Waals surface area contributed by atoms with E-state index in [1.165, 1.54) is 16.7 Å². The summed E-state index contributed by atoms with van der Waals surface area (Å²) in [5, 5.41) is 19.8. The molecule has 1 N–H and O–H groups in total. The van der Waals surface area contributed by atoms with Gasteiger partial charge in [0, 0.05) is 6.54 Å². The first-order valence-electron chi connectivity index (χ1n) is 8.21. The van der Waals surface area contributed by atoms with Crippen LogP contribution < -0.4 is 5.69 Å².